The second kappa shape index (κ2) is 4.86. The van der Waals surface area contributed by atoms with Gasteiger partial charge in [-0.2, -0.15) is 0 Å². The second-order valence-electron chi connectivity index (χ2n) is 6.29. The van der Waals surface area contributed by atoms with Gasteiger partial charge in [-0.15, -0.1) is 0 Å². The summed E-state index contributed by atoms with van der Waals surface area (Å²) in [5.41, 5.74) is 1.55. The van der Waals surface area contributed by atoms with E-state index in [9.17, 15) is 9.90 Å². The Bertz CT molecular complexity index is 689. The Morgan fingerprint density at radius 3 is 2.81 bits per heavy atom. The number of carbonyl (C=O) groups is 1. The van der Waals surface area contributed by atoms with Crippen LogP contribution in [0.5, 0.6) is 0 Å². The van der Waals surface area contributed by atoms with E-state index < -0.39 is 5.97 Å². The molecule has 1 aromatic heterocycles. The molecule has 2 unspecified atom stereocenters. The zero-order valence-electron chi connectivity index (χ0n) is 12.1. The molecule has 1 fully saturated rings. The van der Waals surface area contributed by atoms with Gasteiger partial charge in [-0.25, -0.2) is 4.79 Å². The summed E-state index contributed by atoms with van der Waals surface area (Å²) in [4.78, 5) is 10.9. The van der Waals surface area contributed by atoms with Crippen molar-refractivity contribution in [1.29, 1.82) is 0 Å². The number of carboxylic acids is 1. The zero-order valence-corrected chi connectivity index (χ0v) is 12.1. The third kappa shape index (κ3) is 2.43. The van der Waals surface area contributed by atoms with E-state index in [2.05, 4.69) is 19.2 Å². The van der Waals surface area contributed by atoms with Crippen molar-refractivity contribution in [3.05, 3.63) is 35.6 Å². The molecular formula is C16H19NO4. The number of benzene rings is 1. The van der Waals surface area contributed by atoms with Crippen molar-refractivity contribution in [2.45, 2.75) is 39.0 Å². The van der Waals surface area contributed by atoms with Crippen molar-refractivity contribution in [3.8, 4) is 0 Å². The number of aromatic carboxylic acids is 1. The number of hydrogen-bond acceptors (Lipinski definition) is 4. The van der Waals surface area contributed by atoms with Gasteiger partial charge in [0.2, 0.25) is 5.76 Å². The van der Waals surface area contributed by atoms with Crippen LogP contribution in [0.4, 0.5) is 0 Å². The van der Waals surface area contributed by atoms with Gasteiger partial charge in [0, 0.05) is 23.4 Å². The molecule has 0 spiro atoms. The third-order valence-corrected chi connectivity index (χ3v) is 4.56. The molecule has 2 atom stereocenters. The Morgan fingerprint density at radius 2 is 2.19 bits per heavy atom. The van der Waals surface area contributed by atoms with E-state index in [4.69, 9.17) is 9.52 Å². The van der Waals surface area contributed by atoms with Gasteiger partial charge in [-0.3, -0.25) is 0 Å². The second-order valence-corrected chi connectivity index (χ2v) is 6.29. The number of carboxylic acid groups (broad SMARTS) is 1. The van der Waals surface area contributed by atoms with Crippen LogP contribution in [0.1, 0.15) is 36.4 Å². The van der Waals surface area contributed by atoms with Crippen LogP contribution in [0.3, 0.4) is 0 Å². The number of rotatable bonds is 4. The minimum atomic E-state index is -1.06. The number of aliphatic hydroxyl groups is 1. The number of fused-ring (bicyclic) bond motifs is 1. The summed E-state index contributed by atoms with van der Waals surface area (Å²) in [5, 5.41) is 22.9. The van der Waals surface area contributed by atoms with Crippen molar-refractivity contribution in [2.75, 3.05) is 0 Å². The number of furan rings is 1. The Balaban J connectivity index is 1.72. The normalized spacial score (nSPS) is 24.0. The minimum Gasteiger partial charge on any atom is -0.475 e. The fourth-order valence-corrected chi connectivity index (χ4v) is 2.80. The van der Waals surface area contributed by atoms with Gasteiger partial charge in [0.25, 0.3) is 0 Å². The smallest absolute Gasteiger partial charge is 0.371 e. The molecule has 21 heavy (non-hydrogen) atoms. The van der Waals surface area contributed by atoms with E-state index in [0.717, 1.165) is 17.4 Å². The van der Waals surface area contributed by atoms with Crippen LogP contribution >= 0.6 is 0 Å². The van der Waals surface area contributed by atoms with Crippen LogP contribution in [-0.2, 0) is 6.54 Å². The van der Waals surface area contributed by atoms with Crippen LogP contribution in [0.25, 0.3) is 11.0 Å². The molecular weight excluding hydrogens is 270 g/mol. The summed E-state index contributed by atoms with van der Waals surface area (Å²) in [7, 11) is 0. The van der Waals surface area contributed by atoms with Crippen molar-refractivity contribution < 1.29 is 19.4 Å². The minimum absolute atomic E-state index is 0.0432. The monoisotopic (exact) mass is 289 g/mol. The molecule has 0 amide bonds. The molecule has 5 heteroatoms. The van der Waals surface area contributed by atoms with Gasteiger partial charge in [0.05, 0.1) is 6.10 Å². The molecule has 1 aromatic carbocycles. The molecule has 112 valence electrons. The molecule has 0 bridgehead atoms. The van der Waals surface area contributed by atoms with Crippen LogP contribution in [-0.4, -0.2) is 28.3 Å². The predicted molar refractivity (Wildman–Crippen MR) is 78.2 cm³/mol. The summed E-state index contributed by atoms with van der Waals surface area (Å²) in [6.07, 6.45) is 0.522. The van der Waals surface area contributed by atoms with Gasteiger partial charge in [0.15, 0.2) is 0 Å². The molecule has 1 aliphatic rings. The Kier molecular flexibility index (Phi) is 3.26. The lowest BCUT2D eigenvalue weighted by Gasteiger charge is -2.49. The van der Waals surface area contributed by atoms with Gasteiger partial charge in [0.1, 0.15) is 5.58 Å². The fourth-order valence-electron chi connectivity index (χ4n) is 2.80. The van der Waals surface area contributed by atoms with Gasteiger partial charge >= 0.3 is 5.97 Å². The summed E-state index contributed by atoms with van der Waals surface area (Å²) in [6, 6.07) is 7.48. The molecule has 2 aromatic rings. The van der Waals surface area contributed by atoms with Gasteiger partial charge in [-0.05, 0) is 30.2 Å². The molecule has 3 rings (SSSR count). The lowest BCUT2D eigenvalue weighted by atomic mass is 9.64. The molecule has 1 heterocycles. The Hall–Kier alpha value is -1.85. The van der Waals surface area contributed by atoms with E-state index in [1.807, 2.05) is 12.1 Å². The third-order valence-electron chi connectivity index (χ3n) is 4.56. The number of aliphatic hydroxyl groups excluding tert-OH is 1. The Labute approximate surface area is 122 Å². The number of hydrogen-bond donors (Lipinski definition) is 3. The van der Waals surface area contributed by atoms with E-state index >= 15 is 0 Å². The lowest BCUT2D eigenvalue weighted by Crippen LogP contribution is -2.59. The van der Waals surface area contributed by atoms with E-state index in [1.165, 1.54) is 6.07 Å². The van der Waals surface area contributed by atoms with Crippen molar-refractivity contribution >= 4 is 16.9 Å². The maximum Gasteiger partial charge on any atom is 0.371 e. The molecule has 1 saturated carbocycles. The molecule has 0 aliphatic heterocycles. The first kappa shape index (κ1) is 14.1. The van der Waals surface area contributed by atoms with Gasteiger partial charge in [-0.1, -0.05) is 19.9 Å². The highest BCUT2D eigenvalue weighted by Crippen LogP contribution is 2.40. The van der Waals surface area contributed by atoms with Crippen molar-refractivity contribution in [1.82, 2.24) is 5.32 Å². The van der Waals surface area contributed by atoms with Gasteiger partial charge < -0.3 is 19.9 Å². The first-order valence-corrected chi connectivity index (χ1v) is 7.05. The summed E-state index contributed by atoms with van der Waals surface area (Å²) < 4.78 is 5.24. The first-order chi connectivity index (χ1) is 9.88. The topological polar surface area (TPSA) is 82.7 Å². The molecule has 0 radical (unpaired) electrons. The Morgan fingerprint density at radius 1 is 1.43 bits per heavy atom. The van der Waals surface area contributed by atoms with E-state index in [0.29, 0.717) is 18.2 Å². The molecule has 0 saturated heterocycles. The fraction of sp³-hybridized carbons (Fsp3) is 0.438. The van der Waals surface area contributed by atoms with Crippen LogP contribution in [0.15, 0.2) is 28.7 Å². The van der Waals surface area contributed by atoms with Crippen LogP contribution in [0, 0.1) is 5.41 Å². The predicted octanol–water partition coefficient (Wildman–Crippen LogP) is 2.38. The standard InChI is InChI=1S/C16H19NO4/c1-16(2)13(7-14(16)18)17-8-9-3-4-11-10(5-9)6-12(21-11)15(19)20/h3-6,13-14,17-18H,7-8H2,1-2H3,(H,19,20). The SMILES string of the molecule is CC1(C)C(O)CC1NCc1ccc2oc(C(=O)O)cc2c1. The highest BCUT2D eigenvalue weighted by atomic mass is 16.4. The summed E-state index contributed by atoms with van der Waals surface area (Å²) in [5.74, 6) is -1.10. The molecule has 1 aliphatic carbocycles. The van der Waals surface area contributed by atoms with E-state index in [1.54, 1.807) is 6.07 Å². The van der Waals surface area contributed by atoms with Crippen molar-refractivity contribution in [2.24, 2.45) is 5.41 Å². The largest absolute Gasteiger partial charge is 0.475 e. The maximum absolute atomic E-state index is 10.9. The summed E-state index contributed by atoms with van der Waals surface area (Å²) in [6.45, 7) is 4.79. The van der Waals surface area contributed by atoms with Crippen LogP contribution in [0.2, 0.25) is 0 Å². The van der Waals surface area contributed by atoms with Crippen LogP contribution < -0.4 is 5.32 Å². The average Bonchev–Trinajstić information content (AvgIpc) is 2.86. The first-order valence-electron chi connectivity index (χ1n) is 7.05. The lowest BCUT2D eigenvalue weighted by molar-refractivity contribution is -0.0729. The highest BCUT2D eigenvalue weighted by molar-refractivity contribution is 5.91. The average molecular weight is 289 g/mol. The molecule has 5 nitrogen and oxygen atoms in total. The van der Waals surface area contributed by atoms with E-state index in [-0.39, 0.29) is 17.3 Å². The summed E-state index contributed by atoms with van der Waals surface area (Å²) >= 11 is 0. The van der Waals surface area contributed by atoms with Crippen molar-refractivity contribution in [3.63, 3.8) is 0 Å². The quantitative estimate of drug-likeness (QED) is 0.805. The maximum atomic E-state index is 10.9. The zero-order chi connectivity index (χ0) is 15.2. The highest BCUT2D eigenvalue weighted by Gasteiger charge is 2.46. The molecule has 3 N–H and O–H groups in total. The number of nitrogens with one attached hydrogen (secondary N) is 1.